The second-order valence-corrected chi connectivity index (χ2v) is 8.41. The fourth-order valence-electron chi connectivity index (χ4n) is 5.04. The largest absolute Gasteiger partial charge is 0.0683 e. The first-order chi connectivity index (χ1) is 11.0. The van der Waals surface area contributed by atoms with Crippen molar-refractivity contribution in [1.29, 1.82) is 0 Å². The molecule has 0 aromatic heterocycles. The summed E-state index contributed by atoms with van der Waals surface area (Å²) in [6.07, 6.45) is 13.1. The first-order valence-electron chi connectivity index (χ1n) is 10.7. The van der Waals surface area contributed by atoms with E-state index in [0.29, 0.717) is 0 Å². The molecule has 0 heterocycles. The lowest BCUT2D eigenvalue weighted by molar-refractivity contribution is 0.324. The third-order valence-corrected chi connectivity index (χ3v) is 6.42. The Morgan fingerprint density at radius 2 is 0.783 bits per heavy atom. The summed E-state index contributed by atoms with van der Waals surface area (Å²) in [5.74, 6) is 4.53. The number of rotatable bonds is 0. The minimum atomic E-state index is 0.874. The van der Waals surface area contributed by atoms with Crippen LogP contribution < -0.4 is 0 Å². The van der Waals surface area contributed by atoms with Crippen LogP contribution in [0.25, 0.3) is 0 Å². The van der Waals surface area contributed by atoms with Crippen molar-refractivity contribution in [3.63, 3.8) is 0 Å². The van der Waals surface area contributed by atoms with Gasteiger partial charge in [-0.15, -0.1) is 0 Å². The molecule has 0 aliphatic heterocycles. The Balaban J connectivity index is 0.000000247. The smallest absolute Gasteiger partial charge is 0.0226 e. The topological polar surface area (TPSA) is 0 Å². The van der Waals surface area contributed by atoms with E-state index in [1.807, 2.05) is 25.0 Å². The normalized spacial score (nSPS) is 34.6. The SMILES string of the molecule is CC.CC1CCC(C)C2=C1C(C)CCC2C.CC1CCCCC1. The average Bonchev–Trinajstić information content (AvgIpc) is 2.57. The summed E-state index contributed by atoms with van der Waals surface area (Å²) >= 11 is 0. The molecule has 0 aromatic rings. The van der Waals surface area contributed by atoms with E-state index in [4.69, 9.17) is 0 Å². The minimum Gasteiger partial charge on any atom is -0.0683 e. The fraction of sp³-hybridized carbons (Fsp3) is 0.913. The van der Waals surface area contributed by atoms with Gasteiger partial charge in [0.25, 0.3) is 0 Å². The molecular weight excluding hydrogens is 276 g/mol. The van der Waals surface area contributed by atoms with Crippen LogP contribution in [0.15, 0.2) is 11.1 Å². The van der Waals surface area contributed by atoms with Crippen LogP contribution in [0.4, 0.5) is 0 Å². The van der Waals surface area contributed by atoms with Crippen molar-refractivity contribution in [1.82, 2.24) is 0 Å². The van der Waals surface area contributed by atoms with Crippen molar-refractivity contribution in [2.45, 2.75) is 106 Å². The maximum atomic E-state index is 2.44. The van der Waals surface area contributed by atoms with E-state index >= 15 is 0 Å². The fourth-order valence-corrected chi connectivity index (χ4v) is 5.04. The first-order valence-corrected chi connectivity index (χ1v) is 10.7. The van der Waals surface area contributed by atoms with Gasteiger partial charge < -0.3 is 0 Å². The van der Waals surface area contributed by atoms with E-state index in [-0.39, 0.29) is 0 Å². The maximum absolute atomic E-state index is 2.44. The van der Waals surface area contributed by atoms with Crippen LogP contribution >= 0.6 is 0 Å². The van der Waals surface area contributed by atoms with E-state index < -0.39 is 0 Å². The summed E-state index contributed by atoms with van der Waals surface area (Å²) in [6, 6.07) is 0. The Morgan fingerprint density at radius 1 is 0.478 bits per heavy atom. The third kappa shape index (κ3) is 5.95. The Hall–Kier alpha value is -0.260. The molecule has 3 rings (SSSR count). The lowest BCUT2D eigenvalue weighted by Gasteiger charge is -2.41. The highest BCUT2D eigenvalue weighted by Crippen LogP contribution is 2.46. The number of hydrogen-bond donors (Lipinski definition) is 0. The standard InChI is InChI=1S/C14H24.C7H14.C2H6/c1-9-5-6-11(3)14-12(4)8-7-10(2)13(9)14;1-7-5-3-2-4-6-7;1-2/h9-12H,5-8H2,1-4H3;7H,2-6H2,1H3;1-2H3. The van der Waals surface area contributed by atoms with E-state index in [2.05, 4.69) is 34.6 Å². The molecule has 136 valence electrons. The first kappa shape index (κ1) is 20.8. The molecule has 1 saturated carbocycles. The molecule has 0 nitrogen and oxygen atoms in total. The predicted octanol–water partition coefficient (Wildman–Crippen LogP) is 8.03. The molecule has 0 saturated heterocycles. The van der Waals surface area contributed by atoms with E-state index in [1.54, 1.807) is 0 Å². The zero-order valence-corrected chi connectivity index (χ0v) is 17.3. The molecule has 0 bridgehead atoms. The summed E-state index contributed by atoms with van der Waals surface area (Å²) in [5, 5.41) is 0. The summed E-state index contributed by atoms with van der Waals surface area (Å²) in [6.45, 7) is 16.1. The van der Waals surface area contributed by atoms with Gasteiger partial charge in [0.15, 0.2) is 0 Å². The Labute approximate surface area is 147 Å². The summed E-state index contributed by atoms with van der Waals surface area (Å²) in [4.78, 5) is 0. The quantitative estimate of drug-likeness (QED) is 0.396. The molecule has 0 radical (unpaired) electrons. The zero-order valence-electron chi connectivity index (χ0n) is 17.3. The molecular formula is C23H44. The monoisotopic (exact) mass is 320 g/mol. The molecule has 0 spiro atoms. The van der Waals surface area contributed by atoms with Crippen LogP contribution in [-0.4, -0.2) is 0 Å². The molecule has 4 unspecified atom stereocenters. The van der Waals surface area contributed by atoms with Crippen molar-refractivity contribution in [2.24, 2.45) is 29.6 Å². The van der Waals surface area contributed by atoms with Crippen molar-refractivity contribution < 1.29 is 0 Å². The van der Waals surface area contributed by atoms with Crippen molar-refractivity contribution in [2.75, 3.05) is 0 Å². The van der Waals surface area contributed by atoms with Gasteiger partial charge in [0, 0.05) is 0 Å². The van der Waals surface area contributed by atoms with Gasteiger partial charge in [0.2, 0.25) is 0 Å². The van der Waals surface area contributed by atoms with Crippen molar-refractivity contribution >= 4 is 0 Å². The van der Waals surface area contributed by atoms with Gasteiger partial charge in [-0.3, -0.25) is 0 Å². The van der Waals surface area contributed by atoms with Gasteiger partial charge in [-0.25, -0.2) is 0 Å². The summed E-state index contributed by atoms with van der Waals surface area (Å²) in [5.41, 5.74) is 3.70. The average molecular weight is 321 g/mol. The molecule has 1 fully saturated rings. The lowest BCUT2D eigenvalue weighted by atomic mass is 9.65. The second-order valence-electron chi connectivity index (χ2n) is 8.41. The van der Waals surface area contributed by atoms with Gasteiger partial charge in [0.1, 0.15) is 0 Å². The molecule has 23 heavy (non-hydrogen) atoms. The molecule has 0 heteroatoms. The van der Waals surface area contributed by atoms with Crippen molar-refractivity contribution in [3.05, 3.63) is 11.1 Å². The Kier molecular flexibility index (Phi) is 9.55. The molecule has 4 atom stereocenters. The van der Waals surface area contributed by atoms with E-state index in [0.717, 1.165) is 29.6 Å². The van der Waals surface area contributed by atoms with Crippen LogP contribution in [0.3, 0.4) is 0 Å². The van der Waals surface area contributed by atoms with Gasteiger partial charge in [-0.1, -0.05) is 91.7 Å². The minimum absolute atomic E-state index is 0.874. The van der Waals surface area contributed by atoms with Gasteiger partial charge in [-0.2, -0.15) is 0 Å². The summed E-state index contributed by atoms with van der Waals surface area (Å²) < 4.78 is 0. The van der Waals surface area contributed by atoms with E-state index in [1.165, 1.54) is 57.8 Å². The molecule has 3 aliphatic carbocycles. The highest BCUT2D eigenvalue weighted by molar-refractivity contribution is 5.28. The number of hydrogen-bond acceptors (Lipinski definition) is 0. The van der Waals surface area contributed by atoms with Crippen molar-refractivity contribution in [3.8, 4) is 0 Å². The predicted molar refractivity (Wildman–Crippen MR) is 106 cm³/mol. The Morgan fingerprint density at radius 3 is 1.00 bits per heavy atom. The summed E-state index contributed by atoms with van der Waals surface area (Å²) in [7, 11) is 0. The van der Waals surface area contributed by atoms with Crippen LogP contribution in [0.1, 0.15) is 106 Å². The van der Waals surface area contributed by atoms with Crippen LogP contribution in [0, 0.1) is 29.6 Å². The molecule has 3 aliphatic rings. The van der Waals surface area contributed by atoms with E-state index in [9.17, 15) is 0 Å². The number of allylic oxidation sites excluding steroid dienone is 2. The van der Waals surface area contributed by atoms with Crippen LogP contribution in [-0.2, 0) is 0 Å². The molecule has 0 aromatic carbocycles. The zero-order chi connectivity index (χ0) is 17.4. The molecule has 0 amide bonds. The van der Waals surface area contributed by atoms with Crippen LogP contribution in [0.2, 0.25) is 0 Å². The molecule has 0 N–H and O–H groups in total. The highest BCUT2D eigenvalue weighted by Gasteiger charge is 2.33. The lowest BCUT2D eigenvalue weighted by Crippen LogP contribution is -2.28. The second kappa shape index (κ2) is 10.6. The third-order valence-electron chi connectivity index (χ3n) is 6.42. The highest BCUT2D eigenvalue weighted by atomic mass is 14.4. The van der Waals surface area contributed by atoms with Gasteiger partial charge in [-0.05, 0) is 55.3 Å². The van der Waals surface area contributed by atoms with Gasteiger partial charge >= 0.3 is 0 Å². The Bertz CT molecular complexity index is 295. The van der Waals surface area contributed by atoms with Crippen LogP contribution in [0.5, 0.6) is 0 Å². The maximum Gasteiger partial charge on any atom is -0.0226 e. The van der Waals surface area contributed by atoms with Gasteiger partial charge in [0.05, 0.1) is 0 Å².